The van der Waals surface area contributed by atoms with Crippen LogP contribution in [0.3, 0.4) is 0 Å². The third-order valence-corrected chi connectivity index (χ3v) is 4.49. The highest BCUT2D eigenvalue weighted by atomic mass is 16.4. The summed E-state index contributed by atoms with van der Waals surface area (Å²) in [5.74, 6) is 0.865. The summed E-state index contributed by atoms with van der Waals surface area (Å²) >= 11 is 0. The lowest BCUT2D eigenvalue weighted by Crippen LogP contribution is -2.36. The molecule has 1 aliphatic carbocycles. The van der Waals surface area contributed by atoms with Crippen LogP contribution >= 0.6 is 0 Å². The van der Waals surface area contributed by atoms with Crippen LogP contribution in [0, 0.1) is 5.92 Å². The first-order valence-electron chi connectivity index (χ1n) is 7.86. The highest BCUT2D eigenvalue weighted by Gasteiger charge is 2.24. The summed E-state index contributed by atoms with van der Waals surface area (Å²) in [5, 5.41) is 9.30. The Balaban J connectivity index is 2.30. The number of carboxylic acids is 1. The molecule has 0 amide bonds. The largest absolute Gasteiger partial charge is 0.478 e. The van der Waals surface area contributed by atoms with E-state index in [0.29, 0.717) is 11.6 Å². The van der Waals surface area contributed by atoms with Crippen molar-refractivity contribution in [1.82, 2.24) is 4.98 Å². The summed E-state index contributed by atoms with van der Waals surface area (Å²) in [6, 6.07) is 3.85. The molecule has 0 bridgehead atoms. The van der Waals surface area contributed by atoms with E-state index in [9.17, 15) is 9.90 Å². The minimum Gasteiger partial charge on any atom is -0.478 e. The Morgan fingerprint density at radius 2 is 2.10 bits per heavy atom. The molecular formula is C17H26N2O2. The molecule has 0 saturated heterocycles. The first kappa shape index (κ1) is 15.8. The summed E-state index contributed by atoms with van der Waals surface area (Å²) in [5.41, 5.74) is 1.18. The smallest absolute Gasteiger partial charge is 0.335 e. The van der Waals surface area contributed by atoms with E-state index in [1.54, 1.807) is 12.1 Å². The lowest BCUT2D eigenvalue weighted by molar-refractivity contribution is 0.0696. The van der Waals surface area contributed by atoms with Crippen molar-refractivity contribution in [3.8, 4) is 0 Å². The van der Waals surface area contributed by atoms with Gasteiger partial charge < -0.3 is 10.0 Å². The zero-order chi connectivity index (χ0) is 15.6. The number of rotatable bonds is 4. The van der Waals surface area contributed by atoms with E-state index in [4.69, 9.17) is 0 Å². The minimum absolute atomic E-state index is 0.224. The molecular weight excluding hydrogens is 264 g/mol. The monoisotopic (exact) mass is 290 g/mol. The standard InChI is InChI=1S/C17H26N2O2/c1-11(2)15-9-13(17(20)21)10-16(18-15)19(4)14-7-5-6-12(3)8-14/h9-12,14H,5-8H2,1-4H3,(H,20,21). The molecule has 21 heavy (non-hydrogen) atoms. The zero-order valence-electron chi connectivity index (χ0n) is 13.5. The number of pyridine rings is 1. The van der Waals surface area contributed by atoms with Crippen molar-refractivity contribution in [2.45, 2.75) is 58.4 Å². The summed E-state index contributed by atoms with van der Waals surface area (Å²) < 4.78 is 0. The molecule has 1 aromatic rings. The molecule has 116 valence electrons. The Bertz CT molecular complexity index is 514. The number of hydrogen-bond acceptors (Lipinski definition) is 3. The molecule has 4 heteroatoms. The molecule has 2 unspecified atom stereocenters. The maximum atomic E-state index is 11.3. The van der Waals surface area contributed by atoms with Gasteiger partial charge >= 0.3 is 5.97 Å². The van der Waals surface area contributed by atoms with Crippen molar-refractivity contribution >= 4 is 11.8 Å². The number of nitrogens with zero attached hydrogens (tertiary/aromatic N) is 2. The molecule has 1 fully saturated rings. The molecule has 2 rings (SSSR count). The summed E-state index contributed by atoms with van der Waals surface area (Å²) in [4.78, 5) is 18.2. The predicted molar refractivity (Wildman–Crippen MR) is 85.1 cm³/mol. The lowest BCUT2D eigenvalue weighted by Gasteiger charge is -2.35. The quantitative estimate of drug-likeness (QED) is 0.913. The van der Waals surface area contributed by atoms with Gasteiger partial charge in [-0.3, -0.25) is 0 Å². The van der Waals surface area contributed by atoms with Gasteiger partial charge in [-0.05, 0) is 36.8 Å². The van der Waals surface area contributed by atoms with Crippen molar-refractivity contribution in [1.29, 1.82) is 0 Å². The average Bonchev–Trinajstić information content (AvgIpc) is 2.45. The second-order valence-corrected chi connectivity index (χ2v) is 6.64. The van der Waals surface area contributed by atoms with Crippen molar-refractivity contribution in [2.24, 2.45) is 5.92 Å². The van der Waals surface area contributed by atoms with Crippen molar-refractivity contribution in [3.63, 3.8) is 0 Å². The third kappa shape index (κ3) is 3.74. The number of hydrogen-bond donors (Lipinski definition) is 1. The van der Waals surface area contributed by atoms with Crippen LogP contribution in [0.2, 0.25) is 0 Å². The molecule has 1 heterocycles. The van der Waals surface area contributed by atoms with Gasteiger partial charge in [0.2, 0.25) is 0 Å². The zero-order valence-corrected chi connectivity index (χ0v) is 13.5. The van der Waals surface area contributed by atoms with E-state index >= 15 is 0 Å². The first-order chi connectivity index (χ1) is 9.88. The van der Waals surface area contributed by atoms with E-state index in [1.165, 1.54) is 12.8 Å². The fourth-order valence-electron chi connectivity index (χ4n) is 3.08. The molecule has 2 atom stereocenters. The SMILES string of the molecule is CC1CCCC(N(C)c2cc(C(=O)O)cc(C(C)C)n2)C1. The van der Waals surface area contributed by atoms with Crippen LogP contribution < -0.4 is 4.90 Å². The summed E-state index contributed by atoms with van der Waals surface area (Å²) in [6.07, 6.45) is 4.86. The van der Waals surface area contributed by atoms with Crippen molar-refractivity contribution in [2.75, 3.05) is 11.9 Å². The Morgan fingerprint density at radius 1 is 1.38 bits per heavy atom. The Kier molecular flexibility index (Phi) is 4.86. The van der Waals surface area contributed by atoms with Crippen LogP contribution in [0.15, 0.2) is 12.1 Å². The van der Waals surface area contributed by atoms with Gasteiger partial charge in [0.15, 0.2) is 0 Å². The van der Waals surface area contributed by atoms with Crippen LogP contribution in [0.4, 0.5) is 5.82 Å². The second kappa shape index (κ2) is 6.46. The molecule has 1 aliphatic rings. The molecule has 1 N–H and O–H groups in total. The van der Waals surface area contributed by atoms with E-state index < -0.39 is 5.97 Å². The number of aromatic nitrogens is 1. The molecule has 0 aliphatic heterocycles. The maximum absolute atomic E-state index is 11.3. The number of aromatic carboxylic acids is 1. The first-order valence-corrected chi connectivity index (χ1v) is 7.86. The van der Waals surface area contributed by atoms with Crippen LogP contribution in [-0.2, 0) is 0 Å². The highest BCUT2D eigenvalue weighted by Crippen LogP contribution is 2.30. The molecule has 1 aromatic heterocycles. The van der Waals surface area contributed by atoms with E-state index in [0.717, 1.165) is 30.3 Å². The Labute approximate surface area is 127 Å². The van der Waals surface area contributed by atoms with E-state index in [-0.39, 0.29) is 5.92 Å². The molecule has 0 spiro atoms. The number of anilines is 1. The van der Waals surface area contributed by atoms with Crippen molar-refractivity contribution < 1.29 is 9.90 Å². The number of carbonyl (C=O) groups is 1. The van der Waals surface area contributed by atoms with Gasteiger partial charge in [-0.15, -0.1) is 0 Å². The Morgan fingerprint density at radius 3 is 2.67 bits per heavy atom. The van der Waals surface area contributed by atoms with Crippen LogP contribution in [0.5, 0.6) is 0 Å². The lowest BCUT2D eigenvalue weighted by atomic mass is 9.86. The van der Waals surface area contributed by atoms with Gasteiger partial charge in [-0.25, -0.2) is 9.78 Å². The third-order valence-electron chi connectivity index (χ3n) is 4.49. The van der Waals surface area contributed by atoms with Gasteiger partial charge in [0.1, 0.15) is 5.82 Å². The maximum Gasteiger partial charge on any atom is 0.335 e. The van der Waals surface area contributed by atoms with Crippen LogP contribution in [-0.4, -0.2) is 29.1 Å². The average molecular weight is 290 g/mol. The minimum atomic E-state index is -0.883. The molecule has 0 aromatic carbocycles. The normalized spacial score (nSPS) is 22.3. The molecule has 0 radical (unpaired) electrons. The van der Waals surface area contributed by atoms with E-state index in [1.807, 2.05) is 20.9 Å². The molecule has 1 saturated carbocycles. The summed E-state index contributed by atoms with van der Waals surface area (Å²) in [7, 11) is 2.04. The van der Waals surface area contributed by atoms with Gasteiger partial charge in [0.25, 0.3) is 0 Å². The van der Waals surface area contributed by atoms with Crippen LogP contribution in [0.1, 0.15) is 68.4 Å². The number of carboxylic acid groups (broad SMARTS) is 1. The fraction of sp³-hybridized carbons (Fsp3) is 0.647. The molecule has 4 nitrogen and oxygen atoms in total. The van der Waals surface area contributed by atoms with Gasteiger partial charge in [-0.2, -0.15) is 0 Å². The van der Waals surface area contributed by atoms with Gasteiger partial charge in [0.05, 0.1) is 5.56 Å². The second-order valence-electron chi connectivity index (χ2n) is 6.64. The predicted octanol–water partition coefficient (Wildman–Crippen LogP) is 3.92. The topological polar surface area (TPSA) is 53.4 Å². The van der Waals surface area contributed by atoms with Gasteiger partial charge in [-0.1, -0.05) is 33.6 Å². The highest BCUT2D eigenvalue weighted by molar-refractivity contribution is 5.88. The van der Waals surface area contributed by atoms with E-state index in [2.05, 4.69) is 16.8 Å². The Hall–Kier alpha value is -1.58. The summed E-state index contributed by atoms with van der Waals surface area (Å²) in [6.45, 7) is 6.38. The van der Waals surface area contributed by atoms with Crippen LogP contribution in [0.25, 0.3) is 0 Å². The van der Waals surface area contributed by atoms with Crippen molar-refractivity contribution in [3.05, 3.63) is 23.4 Å². The van der Waals surface area contributed by atoms with Gasteiger partial charge in [0, 0.05) is 18.8 Å². The fourth-order valence-corrected chi connectivity index (χ4v) is 3.08.